The maximum Gasteiger partial charge on any atom is 0.0108 e. The first-order valence-corrected chi connectivity index (χ1v) is 14.4. The molecule has 31 heavy (non-hydrogen) atoms. The fourth-order valence-corrected chi connectivity index (χ4v) is 9.00. The fourth-order valence-electron chi connectivity index (χ4n) is 9.00. The van der Waals surface area contributed by atoms with Crippen molar-refractivity contribution in [1.82, 2.24) is 10.6 Å². The Morgan fingerprint density at radius 3 is 1.97 bits per heavy atom. The summed E-state index contributed by atoms with van der Waals surface area (Å²) >= 11 is 0. The van der Waals surface area contributed by atoms with Crippen molar-refractivity contribution in [2.24, 2.45) is 47.2 Å². The van der Waals surface area contributed by atoms with Crippen molar-refractivity contribution in [3.05, 3.63) is 0 Å². The maximum atomic E-state index is 5.91. The predicted octanol–water partition coefficient (Wildman–Crippen LogP) is 5.48. The van der Waals surface area contributed by atoms with Crippen LogP contribution in [0.4, 0.5) is 0 Å². The summed E-state index contributed by atoms with van der Waals surface area (Å²) in [7, 11) is 0. The lowest BCUT2D eigenvalue weighted by atomic mass is 9.82. The summed E-state index contributed by atoms with van der Waals surface area (Å²) in [5.41, 5.74) is 5.91. The van der Waals surface area contributed by atoms with Crippen LogP contribution in [0, 0.1) is 41.4 Å². The van der Waals surface area contributed by atoms with Crippen molar-refractivity contribution in [3.63, 3.8) is 0 Å². The van der Waals surface area contributed by atoms with Crippen LogP contribution in [0.15, 0.2) is 0 Å². The zero-order valence-electron chi connectivity index (χ0n) is 20.2. The normalized spacial score (nSPS) is 42.5. The number of hydrogen-bond donors (Lipinski definition) is 3. The van der Waals surface area contributed by atoms with E-state index in [1.807, 2.05) is 0 Å². The smallest absolute Gasteiger partial charge is 0.0108 e. The van der Waals surface area contributed by atoms with E-state index in [-0.39, 0.29) is 0 Å². The largest absolute Gasteiger partial charge is 0.330 e. The molecule has 1 heterocycles. The van der Waals surface area contributed by atoms with Crippen LogP contribution in [0.5, 0.6) is 0 Å². The average Bonchev–Trinajstić information content (AvgIpc) is 3.58. The molecule has 1 saturated heterocycles. The molecule has 5 rings (SSSR count). The third-order valence-corrected chi connectivity index (χ3v) is 10.7. The molecule has 1 aliphatic heterocycles. The molecule has 0 aromatic rings. The molecule has 178 valence electrons. The van der Waals surface area contributed by atoms with Crippen molar-refractivity contribution < 1.29 is 0 Å². The van der Waals surface area contributed by atoms with E-state index in [9.17, 15) is 0 Å². The molecule has 4 N–H and O–H groups in total. The van der Waals surface area contributed by atoms with Gasteiger partial charge in [-0.05, 0) is 151 Å². The monoisotopic (exact) mass is 429 g/mol. The lowest BCUT2D eigenvalue weighted by molar-refractivity contribution is 0.241. The number of rotatable bonds is 12. The van der Waals surface area contributed by atoms with Gasteiger partial charge in [0.1, 0.15) is 0 Å². The van der Waals surface area contributed by atoms with Crippen LogP contribution in [0.2, 0.25) is 0 Å². The van der Waals surface area contributed by atoms with Gasteiger partial charge in [-0.2, -0.15) is 0 Å². The van der Waals surface area contributed by atoms with Gasteiger partial charge in [0.15, 0.2) is 0 Å². The van der Waals surface area contributed by atoms with E-state index < -0.39 is 0 Å². The van der Waals surface area contributed by atoms with Crippen LogP contribution in [0.25, 0.3) is 0 Å². The van der Waals surface area contributed by atoms with Crippen LogP contribution in [-0.4, -0.2) is 31.7 Å². The van der Waals surface area contributed by atoms with Crippen molar-refractivity contribution in [3.8, 4) is 0 Å². The first-order chi connectivity index (χ1) is 15.3. The van der Waals surface area contributed by atoms with E-state index in [0.717, 1.165) is 54.0 Å². The van der Waals surface area contributed by atoms with Crippen LogP contribution < -0.4 is 16.4 Å². The predicted molar refractivity (Wildman–Crippen MR) is 131 cm³/mol. The zero-order valence-corrected chi connectivity index (χ0v) is 20.2. The standard InChI is InChI=1S/C28H51N3/c29-13-11-22-2-1-14-31-28(22)12-15-30-27(9-7-25-18-20-3-5-23(25)16-20)10-8-26-19-21-4-6-24(26)17-21/h20-28,30-31H,1-19,29H2. The first-order valence-electron chi connectivity index (χ1n) is 14.4. The number of hydrogen-bond acceptors (Lipinski definition) is 3. The van der Waals surface area contributed by atoms with Gasteiger partial charge in [-0.15, -0.1) is 0 Å². The van der Waals surface area contributed by atoms with Gasteiger partial charge in [-0.3, -0.25) is 0 Å². The summed E-state index contributed by atoms with van der Waals surface area (Å²) in [6.45, 7) is 3.27. The minimum atomic E-state index is 0.696. The number of piperidine rings is 1. The number of nitrogens with two attached hydrogens (primary N) is 1. The molecule has 4 aliphatic carbocycles. The second-order valence-corrected chi connectivity index (χ2v) is 12.5. The van der Waals surface area contributed by atoms with Gasteiger partial charge in [0.25, 0.3) is 0 Å². The van der Waals surface area contributed by atoms with E-state index in [2.05, 4.69) is 10.6 Å². The van der Waals surface area contributed by atoms with E-state index in [1.54, 1.807) is 51.4 Å². The topological polar surface area (TPSA) is 50.1 Å². The fraction of sp³-hybridized carbons (Fsp3) is 1.00. The highest BCUT2D eigenvalue weighted by atomic mass is 15.0. The molecular formula is C28H51N3. The van der Waals surface area contributed by atoms with Crippen molar-refractivity contribution in [2.45, 2.75) is 115 Å². The average molecular weight is 430 g/mol. The summed E-state index contributed by atoms with van der Waals surface area (Å²) < 4.78 is 0. The van der Waals surface area contributed by atoms with Gasteiger partial charge in [0.2, 0.25) is 0 Å². The molecule has 5 fully saturated rings. The van der Waals surface area contributed by atoms with Crippen LogP contribution in [0.3, 0.4) is 0 Å². The van der Waals surface area contributed by atoms with Gasteiger partial charge in [-0.1, -0.05) is 12.8 Å². The highest BCUT2D eigenvalue weighted by Gasteiger charge is 2.40. The molecule has 0 amide bonds. The van der Waals surface area contributed by atoms with Crippen LogP contribution in [0.1, 0.15) is 103 Å². The third-order valence-electron chi connectivity index (χ3n) is 10.7. The van der Waals surface area contributed by atoms with Gasteiger partial charge in [0, 0.05) is 12.1 Å². The molecule has 3 nitrogen and oxygen atoms in total. The quantitative estimate of drug-likeness (QED) is 0.385. The van der Waals surface area contributed by atoms with E-state index >= 15 is 0 Å². The summed E-state index contributed by atoms with van der Waals surface area (Å²) in [5.74, 6) is 7.35. The minimum absolute atomic E-state index is 0.696. The second-order valence-electron chi connectivity index (χ2n) is 12.5. The second kappa shape index (κ2) is 10.9. The van der Waals surface area contributed by atoms with Crippen molar-refractivity contribution in [1.29, 1.82) is 0 Å². The molecule has 5 aliphatic rings. The summed E-state index contributed by atoms with van der Waals surface area (Å²) in [5, 5.41) is 7.92. The van der Waals surface area contributed by atoms with E-state index in [1.165, 1.54) is 64.5 Å². The molecule has 0 aromatic carbocycles. The third kappa shape index (κ3) is 5.69. The molecule has 0 aromatic heterocycles. The lowest BCUT2D eigenvalue weighted by Crippen LogP contribution is -2.44. The van der Waals surface area contributed by atoms with Gasteiger partial charge in [0.05, 0.1) is 0 Å². The molecule has 4 bridgehead atoms. The Kier molecular flexibility index (Phi) is 7.95. The Morgan fingerprint density at radius 2 is 1.42 bits per heavy atom. The van der Waals surface area contributed by atoms with Crippen molar-refractivity contribution in [2.75, 3.05) is 19.6 Å². The highest BCUT2D eigenvalue weighted by molar-refractivity contribution is 4.92. The maximum absolute atomic E-state index is 5.91. The summed E-state index contributed by atoms with van der Waals surface area (Å²) in [6, 6.07) is 1.47. The highest BCUT2D eigenvalue weighted by Crippen LogP contribution is 2.51. The summed E-state index contributed by atoms with van der Waals surface area (Å²) in [6.07, 6.45) is 23.6. The van der Waals surface area contributed by atoms with Crippen LogP contribution >= 0.6 is 0 Å². The Bertz CT molecular complexity index is 516. The van der Waals surface area contributed by atoms with Gasteiger partial charge >= 0.3 is 0 Å². The number of nitrogens with one attached hydrogen (secondary N) is 2. The SMILES string of the molecule is NCCC1CCCNC1CCNC(CCC1CC2CCC1C2)CCC1CC2CCC1C2. The van der Waals surface area contributed by atoms with Gasteiger partial charge in [-0.25, -0.2) is 0 Å². The van der Waals surface area contributed by atoms with Crippen molar-refractivity contribution >= 4 is 0 Å². The Morgan fingerprint density at radius 1 is 0.742 bits per heavy atom. The zero-order chi connectivity index (χ0) is 21.0. The molecule has 0 radical (unpaired) electrons. The Labute approximate surface area is 192 Å². The summed E-state index contributed by atoms with van der Waals surface area (Å²) in [4.78, 5) is 0. The number of fused-ring (bicyclic) bond motifs is 4. The molecule has 4 saturated carbocycles. The molecule has 8 unspecified atom stereocenters. The first kappa shape index (κ1) is 22.7. The molecule has 0 spiro atoms. The minimum Gasteiger partial charge on any atom is -0.330 e. The molecule has 3 heteroatoms. The Hall–Kier alpha value is -0.120. The van der Waals surface area contributed by atoms with E-state index in [4.69, 9.17) is 5.73 Å². The lowest BCUT2D eigenvalue weighted by Gasteiger charge is -2.33. The van der Waals surface area contributed by atoms with E-state index in [0.29, 0.717) is 6.04 Å². The van der Waals surface area contributed by atoms with Crippen LogP contribution in [-0.2, 0) is 0 Å². The Balaban J connectivity index is 1.09. The molecule has 8 atom stereocenters. The molecular weight excluding hydrogens is 378 g/mol. The van der Waals surface area contributed by atoms with Gasteiger partial charge < -0.3 is 16.4 Å².